The minimum atomic E-state index is -0.732. The maximum absolute atomic E-state index is 11.2. The highest BCUT2D eigenvalue weighted by Crippen LogP contribution is 2.25. The van der Waals surface area contributed by atoms with Crippen LogP contribution >= 0.6 is 15.9 Å². The lowest BCUT2D eigenvalue weighted by molar-refractivity contribution is -0.394. The largest absolute Gasteiger partial charge is 0.298 e. The van der Waals surface area contributed by atoms with Crippen LogP contribution in [-0.4, -0.2) is 21.0 Å². The summed E-state index contributed by atoms with van der Waals surface area (Å²) in [5.74, 6) is -0.234. The molecule has 0 radical (unpaired) electrons. The summed E-state index contributed by atoms with van der Waals surface area (Å²) >= 11 is 2.94. The number of alkyl halides is 1. The highest BCUT2D eigenvalue weighted by Gasteiger charge is 2.20. The van der Waals surface area contributed by atoms with Gasteiger partial charge in [-0.2, -0.15) is 0 Å². The van der Waals surface area contributed by atoms with E-state index in [2.05, 4.69) is 15.9 Å². The molecule has 0 fully saturated rings. The zero-order valence-corrected chi connectivity index (χ0v) is 10.0. The monoisotopic (exact) mass is 302 g/mol. The fourth-order valence-corrected chi connectivity index (χ4v) is 1.44. The Kier molecular flexibility index (Phi) is 4.27. The maximum Gasteiger partial charge on any atom is 0.279 e. The summed E-state index contributed by atoms with van der Waals surface area (Å²) < 4.78 is 0. The van der Waals surface area contributed by atoms with Crippen LogP contribution in [0.1, 0.15) is 5.56 Å². The van der Waals surface area contributed by atoms with E-state index in [9.17, 15) is 25.0 Å². The van der Waals surface area contributed by atoms with Crippen LogP contribution in [0.25, 0.3) is 0 Å². The zero-order chi connectivity index (χ0) is 13.0. The Balaban J connectivity index is 3.17. The van der Waals surface area contributed by atoms with Gasteiger partial charge in [0.15, 0.2) is 0 Å². The second-order valence-electron chi connectivity index (χ2n) is 3.18. The number of carbonyl (C=O) groups is 1. The molecule has 0 atom stereocenters. The fraction of sp³-hybridized carbons (Fsp3) is 0.222. The highest BCUT2D eigenvalue weighted by molar-refractivity contribution is 9.09. The molecule has 1 aromatic carbocycles. The number of hydrogen-bond acceptors (Lipinski definition) is 5. The maximum atomic E-state index is 11.2. The van der Waals surface area contributed by atoms with Crippen LogP contribution in [0.5, 0.6) is 0 Å². The Hall–Kier alpha value is -1.83. The lowest BCUT2D eigenvalue weighted by atomic mass is 10.1. The molecule has 0 aromatic heterocycles. The molecule has 90 valence electrons. The first-order valence-electron chi connectivity index (χ1n) is 4.45. The van der Waals surface area contributed by atoms with Crippen LogP contribution in [0.2, 0.25) is 0 Å². The Morgan fingerprint density at radius 2 is 1.88 bits per heavy atom. The highest BCUT2D eigenvalue weighted by atomic mass is 79.9. The van der Waals surface area contributed by atoms with E-state index in [4.69, 9.17) is 0 Å². The van der Waals surface area contributed by atoms with Crippen molar-refractivity contribution in [1.29, 1.82) is 0 Å². The first-order chi connectivity index (χ1) is 7.95. The molecule has 0 aliphatic rings. The van der Waals surface area contributed by atoms with Gasteiger partial charge in [-0.25, -0.2) is 0 Å². The van der Waals surface area contributed by atoms with E-state index in [1.54, 1.807) is 0 Å². The second kappa shape index (κ2) is 5.48. The van der Waals surface area contributed by atoms with Crippen LogP contribution in [0.3, 0.4) is 0 Å². The van der Waals surface area contributed by atoms with Gasteiger partial charge < -0.3 is 0 Å². The standard InChI is InChI=1S/C9H7BrN2O5/c10-5-8(13)3-6-1-2-7(11(14)15)4-9(6)12(16)17/h1-2,4H,3,5H2. The number of hydrogen-bond donors (Lipinski definition) is 0. The Morgan fingerprint density at radius 1 is 1.24 bits per heavy atom. The predicted molar refractivity (Wildman–Crippen MR) is 62.3 cm³/mol. The third-order valence-corrected chi connectivity index (χ3v) is 2.64. The lowest BCUT2D eigenvalue weighted by Crippen LogP contribution is -2.06. The summed E-state index contributed by atoms with van der Waals surface area (Å²) in [5.41, 5.74) is -0.606. The molecule has 0 spiro atoms. The molecular weight excluding hydrogens is 296 g/mol. The van der Waals surface area contributed by atoms with Crippen molar-refractivity contribution >= 4 is 33.1 Å². The Bertz CT molecular complexity index is 488. The molecule has 1 aromatic rings. The van der Waals surface area contributed by atoms with Crippen LogP contribution in [0.4, 0.5) is 11.4 Å². The predicted octanol–water partition coefficient (Wildman–Crippen LogP) is 2.01. The summed E-state index contributed by atoms with van der Waals surface area (Å²) in [4.78, 5) is 30.9. The molecule has 1 rings (SSSR count). The number of ketones is 1. The Labute approximate surface area is 104 Å². The third-order valence-electron chi connectivity index (χ3n) is 2.01. The Morgan fingerprint density at radius 3 is 2.35 bits per heavy atom. The number of benzene rings is 1. The van der Waals surface area contributed by atoms with Gasteiger partial charge in [0.1, 0.15) is 5.78 Å². The topological polar surface area (TPSA) is 103 Å². The number of nitrogens with zero attached hydrogens (tertiary/aromatic N) is 2. The molecule has 0 amide bonds. The molecule has 0 bridgehead atoms. The SMILES string of the molecule is O=C(CBr)Cc1ccc([N+](=O)[O-])cc1[N+](=O)[O-]. The van der Waals surface area contributed by atoms with E-state index in [0.29, 0.717) is 0 Å². The summed E-state index contributed by atoms with van der Waals surface area (Å²) in [7, 11) is 0. The van der Waals surface area contributed by atoms with E-state index < -0.39 is 15.5 Å². The number of carbonyl (C=O) groups excluding carboxylic acids is 1. The zero-order valence-electron chi connectivity index (χ0n) is 8.46. The van der Waals surface area contributed by atoms with Gasteiger partial charge in [-0.05, 0) is 6.07 Å². The van der Waals surface area contributed by atoms with Crippen molar-refractivity contribution in [2.75, 3.05) is 5.33 Å². The minimum Gasteiger partial charge on any atom is -0.298 e. The van der Waals surface area contributed by atoms with Gasteiger partial charge in [0.25, 0.3) is 11.4 Å². The van der Waals surface area contributed by atoms with Crippen molar-refractivity contribution < 1.29 is 14.6 Å². The van der Waals surface area contributed by atoms with Crippen LogP contribution in [0.15, 0.2) is 18.2 Å². The van der Waals surface area contributed by atoms with E-state index in [0.717, 1.165) is 12.1 Å². The molecule has 0 heterocycles. The lowest BCUT2D eigenvalue weighted by Gasteiger charge is -2.01. The van der Waals surface area contributed by atoms with Gasteiger partial charge in [0.05, 0.1) is 21.2 Å². The van der Waals surface area contributed by atoms with E-state index in [-0.39, 0.29) is 28.8 Å². The van der Waals surface area contributed by atoms with Crippen molar-refractivity contribution in [2.24, 2.45) is 0 Å². The molecule has 0 aliphatic heterocycles. The number of non-ortho nitro benzene ring substituents is 1. The number of rotatable bonds is 5. The molecule has 0 saturated carbocycles. The van der Waals surface area contributed by atoms with Gasteiger partial charge in [-0.15, -0.1) is 0 Å². The molecule has 0 N–H and O–H groups in total. The fourth-order valence-electron chi connectivity index (χ4n) is 1.24. The van der Waals surface area contributed by atoms with Gasteiger partial charge in [0, 0.05) is 18.1 Å². The first kappa shape index (κ1) is 13.2. The molecule has 17 heavy (non-hydrogen) atoms. The summed E-state index contributed by atoms with van der Waals surface area (Å²) in [6.07, 6.45) is -0.125. The minimum absolute atomic E-state index is 0.0845. The molecule has 0 unspecified atom stereocenters. The first-order valence-corrected chi connectivity index (χ1v) is 5.57. The number of Topliss-reactive ketones (excluding diaryl/α,β-unsaturated/α-hetero) is 1. The number of halogens is 1. The second-order valence-corrected chi connectivity index (χ2v) is 3.74. The van der Waals surface area contributed by atoms with Gasteiger partial charge in [-0.1, -0.05) is 15.9 Å². The normalized spacial score (nSPS) is 9.94. The van der Waals surface area contributed by atoms with Crippen molar-refractivity contribution in [1.82, 2.24) is 0 Å². The number of nitro groups is 2. The van der Waals surface area contributed by atoms with Crippen molar-refractivity contribution in [3.8, 4) is 0 Å². The molecule has 7 nitrogen and oxygen atoms in total. The quantitative estimate of drug-likeness (QED) is 0.470. The summed E-state index contributed by atoms with van der Waals surface area (Å²) in [5, 5.41) is 21.3. The average Bonchev–Trinajstić information content (AvgIpc) is 2.28. The summed E-state index contributed by atoms with van der Waals surface area (Å²) in [6.45, 7) is 0. The third kappa shape index (κ3) is 3.31. The summed E-state index contributed by atoms with van der Waals surface area (Å²) in [6, 6.07) is 3.23. The van der Waals surface area contributed by atoms with Gasteiger partial charge >= 0.3 is 0 Å². The smallest absolute Gasteiger partial charge is 0.279 e. The van der Waals surface area contributed by atoms with Gasteiger partial charge in [-0.3, -0.25) is 25.0 Å². The molecule has 0 saturated heterocycles. The van der Waals surface area contributed by atoms with E-state index >= 15 is 0 Å². The van der Waals surface area contributed by atoms with E-state index in [1.165, 1.54) is 6.07 Å². The van der Waals surface area contributed by atoms with Gasteiger partial charge in [0.2, 0.25) is 0 Å². The van der Waals surface area contributed by atoms with Crippen LogP contribution in [0, 0.1) is 20.2 Å². The van der Waals surface area contributed by atoms with E-state index in [1.807, 2.05) is 0 Å². The van der Waals surface area contributed by atoms with Crippen molar-refractivity contribution in [3.63, 3.8) is 0 Å². The van der Waals surface area contributed by atoms with Crippen LogP contribution in [-0.2, 0) is 11.2 Å². The van der Waals surface area contributed by atoms with Crippen LogP contribution < -0.4 is 0 Å². The average molecular weight is 303 g/mol. The van der Waals surface area contributed by atoms with Crippen molar-refractivity contribution in [3.05, 3.63) is 44.0 Å². The molecule has 0 aliphatic carbocycles. The number of nitro benzene ring substituents is 2. The van der Waals surface area contributed by atoms with Crippen molar-refractivity contribution in [2.45, 2.75) is 6.42 Å². The molecule has 8 heteroatoms. The molecular formula is C9H7BrN2O5.